The lowest BCUT2D eigenvalue weighted by molar-refractivity contribution is -0.121. The number of nitrogens with one attached hydrogen (secondary N) is 1. The summed E-state index contributed by atoms with van der Waals surface area (Å²) in [5, 5.41) is 2.94. The zero-order chi connectivity index (χ0) is 19.7. The minimum Gasteiger partial charge on any atom is -0.347 e. The third kappa shape index (κ3) is 3.57. The van der Waals surface area contributed by atoms with Crippen LogP contribution in [-0.4, -0.2) is 30.8 Å². The van der Waals surface area contributed by atoms with Crippen LogP contribution in [0.15, 0.2) is 53.7 Å². The molecular formula is C19H17F2N5OS. The standard InChI is InChI=1S/C19H17F2N5OS/c1-25-14-8-4-2-6-12(14)23-16(25)10-22-17(27)11-26-15-9-5-3-7-13(15)24-19(26)28-18(20)21/h2-9,18H,10-11H2,1H3,(H,22,27). The maximum absolute atomic E-state index is 12.9. The van der Waals surface area contributed by atoms with Crippen molar-refractivity contribution in [3.05, 3.63) is 54.4 Å². The molecule has 2 aromatic heterocycles. The highest BCUT2D eigenvalue weighted by atomic mass is 32.2. The summed E-state index contributed by atoms with van der Waals surface area (Å²) in [6, 6.07) is 14.8. The number of alkyl halides is 2. The maximum atomic E-state index is 12.9. The number of carbonyl (C=O) groups is 1. The minimum atomic E-state index is -2.61. The Kier molecular flexibility index (Phi) is 4.99. The van der Waals surface area contributed by atoms with Gasteiger partial charge in [0.05, 0.1) is 28.6 Å². The fraction of sp³-hybridized carbons (Fsp3) is 0.211. The highest BCUT2D eigenvalue weighted by Crippen LogP contribution is 2.28. The van der Waals surface area contributed by atoms with Crippen LogP contribution in [0.25, 0.3) is 22.1 Å². The van der Waals surface area contributed by atoms with Crippen LogP contribution in [0.2, 0.25) is 0 Å². The van der Waals surface area contributed by atoms with E-state index in [0.29, 0.717) is 28.6 Å². The molecule has 28 heavy (non-hydrogen) atoms. The zero-order valence-electron chi connectivity index (χ0n) is 15.0. The molecule has 0 radical (unpaired) electrons. The number of aromatic nitrogens is 4. The van der Waals surface area contributed by atoms with E-state index in [9.17, 15) is 13.6 Å². The van der Waals surface area contributed by atoms with E-state index >= 15 is 0 Å². The molecule has 144 valence electrons. The normalized spacial score (nSPS) is 11.6. The van der Waals surface area contributed by atoms with E-state index < -0.39 is 5.76 Å². The van der Waals surface area contributed by atoms with Gasteiger partial charge in [0.15, 0.2) is 5.16 Å². The first-order valence-electron chi connectivity index (χ1n) is 8.60. The Balaban J connectivity index is 1.52. The van der Waals surface area contributed by atoms with E-state index in [-0.39, 0.29) is 24.2 Å². The second-order valence-corrected chi connectivity index (χ2v) is 7.16. The number of hydrogen-bond acceptors (Lipinski definition) is 4. The molecule has 0 spiro atoms. The van der Waals surface area contributed by atoms with Gasteiger partial charge in [-0.25, -0.2) is 9.97 Å². The second kappa shape index (κ2) is 7.59. The van der Waals surface area contributed by atoms with Crippen LogP contribution in [0.5, 0.6) is 0 Å². The first kappa shape index (κ1) is 18.4. The van der Waals surface area contributed by atoms with Gasteiger partial charge in [-0.15, -0.1) is 0 Å². The lowest BCUT2D eigenvalue weighted by atomic mass is 10.3. The van der Waals surface area contributed by atoms with E-state index in [4.69, 9.17) is 0 Å². The zero-order valence-corrected chi connectivity index (χ0v) is 15.8. The maximum Gasteiger partial charge on any atom is 0.291 e. The third-order valence-corrected chi connectivity index (χ3v) is 5.14. The van der Waals surface area contributed by atoms with Gasteiger partial charge in [-0.1, -0.05) is 24.3 Å². The Bertz CT molecular complexity index is 1150. The molecule has 0 saturated heterocycles. The molecule has 9 heteroatoms. The number of para-hydroxylation sites is 4. The number of aryl methyl sites for hydroxylation is 1. The van der Waals surface area contributed by atoms with E-state index in [0.717, 1.165) is 11.0 Å². The van der Waals surface area contributed by atoms with Crippen molar-refractivity contribution >= 4 is 39.7 Å². The highest BCUT2D eigenvalue weighted by Gasteiger charge is 2.18. The van der Waals surface area contributed by atoms with Crippen molar-refractivity contribution in [3.8, 4) is 0 Å². The van der Waals surface area contributed by atoms with E-state index in [2.05, 4.69) is 15.3 Å². The summed E-state index contributed by atoms with van der Waals surface area (Å²) in [5.74, 6) is -2.20. The summed E-state index contributed by atoms with van der Waals surface area (Å²) in [4.78, 5) is 21.2. The molecule has 0 fully saturated rings. The van der Waals surface area contributed by atoms with Crippen LogP contribution >= 0.6 is 11.8 Å². The Morgan fingerprint density at radius 3 is 2.39 bits per heavy atom. The lowest BCUT2D eigenvalue weighted by Crippen LogP contribution is -2.28. The summed E-state index contributed by atoms with van der Waals surface area (Å²) < 4.78 is 29.2. The van der Waals surface area contributed by atoms with E-state index in [1.54, 1.807) is 24.3 Å². The molecule has 0 bridgehead atoms. The Hall–Kier alpha value is -2.94. The smallest absolute Gasteiger partial charge is 0.291 e. The molecule has 2 heterocycles. The fourth-order valence-corrected chi connectivity index (χ4v) is 3.71. The van der Waals surface area contributed by atoms with Crippen molar-refractivity contribution in [1.29, 1.82) is 0 Å². The van der Waals surface area contributed by atoms with Gasteiger partial charge in [0, 0.05) is 7.05 Å². The average molecular weight is 401 g/mol. The number of imidazole rings is 2. The number of halogens is 2. The van der Waals surface area contributed by atoms with Crippen LogP contribution in [-0.2, 0) is 24.9 Å². The number of thioether (sulfide) groups is 1. The topological polar surface area (TPSA) is 64.7 Å². The van der Waals surface area contributed by atoms with E-state index in [1.165, 1.54) is 4.57 Å². The summed E-state index contributed by atoms with van der Waals surface area (Å²) in [5.41, 5.74) is 3.05. The second-order valence-electron chi connectivity index (χ2n) is 6.20. The quantitative estimate of drug-likeness (QED) is 0.502. The van der Waals surface area contributed by atoms with Crippen LogP contribution in [0.1, 0.15) is 5.82 Å². The van der Waals surface area contributed by atoms with Crippen LogP contribution in [0.4, 0.5) is 8.78 Å². The molecule has 4 rings (SSSR count). The molecular weight excluding hydrogens is 384 g/mol. The van der Waals surface area contributed by atoms with Crippen molar-refractivity contribution in [2.75, 3.05) is 0 Å². The molecule has 6 nitrogen and oxygen atoms in total. The van der Waals surface area contributed by atoms with Crippen molar-refractivity contribution in [3.63, 3.8) is 0 Å². The van der Waals surface area contributed by atoms with Crippen molar-refractivity contribution in [2.45, 2.75) is 24.0 Å². The van der Waals surface area contributed by atoms with E-state index in [1.807, 2.05) is 35.9 Å². The van der Waals surface area contributed by atoms with Gasteiger partial charge in [0.25, 0.3) is 5.76 Å². The number of amides is 1. The van der Waals surface area contributed by atoms with Gasteiger partial charge in [-0.05, 0) is 36.0 Å². The summed E-state index contributed by atoms with van der Waals surface area (Å²) in [6.07, 6.45) is 0. The van der Waals surface area contributed by atoms with Gasteiger partial charge in [0.2, 0.25) is 5.91 Å². The number of benzene rings is 2. The first-order chi connectivity index (χ1) is 13.5. The molecule has 1 N–H and O–H groups in total. The van der Waals surface area contributed by atoms with Gasteiger partial charge in [-0.2, -0.15) is 8.78 Å². The molecule has 4 aromatic rings. The Morgan fingerprint density at radius 2 is 1.71 bits per heavy atom. The number of nitrogens with zero attached hydrogens (tertiary/aromatic N) is 4. The molecule has 0 saturated carbocycles. The average Bonchev–Trinajstić information content (AvgIpc) is 3.18. The predicted octanol–water partition coefficient (Wildman–Crippen LogP) is 3.55. The molecule has 0 unspecified atom stereocenters. The number of carbonyl (C=O) groups excluding carboxylic acids is 1. The number of hydrogen-bond donors (Lipinski definition) is 1. The predicted molar refractivity (Wildman–Crippen MR) is 104 cm³/mol. The fourth-order valence-electron chi connectivity index (χ4n) is 3.11. The summed E-state index contributed by atoms with van der Waals surface area (Å²) >= 11 is 0.335. The molecule has 0 aliphatic carbocycles. The Labute approximate surface area is 163 Å². The van der Waals surface area contributed by atoms with Gasteiger partial charge >= 0.3 is 0 Å². The van der Waals surface area contributed by atoms with Gasteiger partial charge < -0.3 is 14.5 Å². The molecule has 1 amide bonds. The van der Waals surface area contributed by atoms with Gasteiger partial charge in [0.1, 0.15) is 12.4 Å². The van der Waals surface area contributed by atoms with Crippen LogP contribution in [0, 0.1) is 0 Å². The molecule has 0 aliphatic rings. The molecule has 0 atom stereocenters. The third-order valence-electron chi connectivity index (χ3n) is 4.44. The van der Waals surface area contributed by atoms with Crippen LogP contribution < -0.4 is 5.32 Å². The SMILES string of the molecule is Cn1c(CNC(=O)Cn2c(SC(F)F)nc3ccccc32)nc2ccccc21. The molecule has 0 aliphatic heterocycles. The highest BCUT2D eigenvalue weighted by molar-refractivity contribution is 7.99. The van der Waals surface area contributed by atoms with Crippen molar-refractivity contribution < 1.29 is 13.6 Å². The Morgan fingerprint density at radius 1 is 1.07 bits per heavy atom. The summed E-state index contributed by atoms with van der Waals surface area (Å²) in [7, 11) is 1.89. The number of rotatable bonds is 6. The lowest BCUT2D eigenvalue weighted by Gasteiger charge is -2.09. The molecule has 2 aromatic carbocycles. The minimum absolute atomic E-state index is 0.0977. The largest absolute Gasteiger partial charge is 0.347 e. The van der Waals surface area contributed by atoms with Crippen molar-refractivity contribution in [1.82, 2.24) is 24.4 Å². The number of fused-ring (bicyclic) bond motifs is 2. The van der Waals surface area contributed by atoms with Crippen molar-refractivity contribution in [2.24, 2.45) is 7.05 Å². The monoisotopic (exact) mass is 401 g/mol. The first-order valence-corrected chi connectivity index (χ1v) is 9.48. The van der Waals surface area contributed by atoms with Gasteiger partial charge in [-0.3, -0.25) is 4.79 Å². The summed E-state index contributed by atoms with van der Waals surface area (Å²) in [6.45, 7) is 0.146. The van der Waals surface area contributed by atoms with Crippen LogP contribution in [0.3, 0.4) is 0 Å².